The van der Waals surface area contributed by atoms with Crippen molar-refractivity contribution in [3.8, 4) is 5.75 Å². The molecule has 8 heteroatoms. The molecule has 2 N–H and O–H groups in total. The lowest BCUT2D eigenvalue weighted by Crippen LogP contribution is -2.41. The summed E-state index contributed by atoms with van der Waals surface area (Å²) < 4.78 is 23.1. The molecule has 0 aliphatic carbocycles. The van der Waals surface area contributed by atoms with E-state index in [4.69, 9.17) is 23.9 Å². The molecule has 1 aromatic rings. The van der Waals surface area contributed by atoms with Crippen LogP contribution in [0.25, 0.3) is 6.08 Å². The number of benzene rings is 1. The predicted octanol–water partition coefficient (Wildman–Crippen LogP) is 3.60. The van der Waals surface area contributed by atoms with E-state index in [0.29, 0.717) is 5.75 Å². The highest BCUT2D eigenvalue weighted by molar-refractivity contribution is 6.56. The molecule has 1 aliphatic heterocycles. The molecule has 1 aliphatic rings. The lowest BCUT2D eigenvalue weighted by molar-refractivity contribution is 0.00578. The number of aliphatic hydroxyl groups excluding tert-OH is 1. The van der Waals surface area contributed by atoms with E-state index in [2.05, 4.69) is 5.32 Å². The van der Waals surface area contributed by atoms with Gasteiger partial charge in [-0.15, -0.1) is 0 Å². The summed E-state index contributed by atoms with van der Waals surface area (Å²) in [6.45, 7) is 13.8. The van der Waals surface area contributed by atoms with E-state index in [1.165, 1.54) is 0 Å². The van der Waals surface area contributed by atoms with Gasteiger partial charge in [0.15, 0.2) is 0 Å². The smallest absolute Gasteiger partial charge is 0.491 e. The Morgan fingerprint density at radius 1 is 1.13 bits per heavy atom. The first-order valence-corrected chi connectivity index (χ1v) is 10.2. The Morgan fingerprint density at radius 2 is 1.70 bits per heavy atom. The first-order valence-electron chi connectivity index (χ1n) is 10.2. The highest BCUT2D eigenvalue weighted by atomic mass is 16.7. The molecule has 1 fully saturated rings. The van der Waals surface area contributed by atoms with Crippen LogP contribution >= 0.6 is 0 Å². The standard InChI is InChI=1S/C22H34BNO6/c1-20(2,3)28-19(26)24-15-17(23-29-21(4,5)22(6,7)30-23)14-16-8-10-18(11-9-16)27-13-12-25/h8-11,14,25H,12-13,15H2,1-7H3,(H,24,26). The molecule has 1 aromatic carbocycles. The summed E-state index contributed by atoms with van der Waals surface area (Å²) in [7, 11) is -0.602. The number of alkyl carbamates (subject to hydrolysis) is 1. The second-order valence-corrected chi connectivity index (χ2v) is 9.30. The fraction of sp³-hybridized carbons (Fsp3) is 0.591. The van der Waals surface area contributed by atoms with Gasteiger partial charge in [-0.25, -0.2) is 4.79 Å². The maximum atomic E-state index is 12.2. The fourth-order valence-corrected chi connectivity index (χ4v) is 2.72. The van der Waals surface area contributed by atoms with Crippen LogP contribution in [0, 0.1) is 0 Å². The molecule has 0 aromatic heterocycles. The first-order chi connectivity index (χ1) is 13.8. The summed E-state index contributed by atoms with van der Waals surface area (Å²) in [5.41, 5.74) is 0.100. The summed E-state index contributed by atoms with van der Waals surface area (Å²) in [6.07, 6.45) is 1.42. The number of nitrogens with one attached hydrogen (secondary N) is 1. The molecular weight excluding hydrogens is 385 g/mol. The molecule has 0 saturated carbocycles. The average molecular weight is 419 g/mol. The van der Waals surface area contributed by atoms with Crippen LogP contribution in [0.2, 0.25) is 0 Å². The van der Waals surface area contributed by atoms with Gasteiger partial charge < -0.3 is 29.2 Å². The molecule has 1 heterocycles. The molecule has 2 rings (SSSR count). The van der Waals surface area contributed by atoms with E-state index < -0.39 is 30.0 Å². The van der Waals surface area contributed by atoms with Crippen molar-refractivity contribution in [1.29, 1.82) is 0 Å². The molecule has 1 amide bonds. The topological polar surface area (TPSA) is 86.3 Å². The zero-order valence-electron chi connectivity index (χ0n) is 19.1. The van der Waals surface area contributed by atoms with Gasteiger partial charge in [0.1, 0.15) is 18.0 Å². The number of carbonyl (C=O) groups is 1. The number of carbonyl (C=O) groups excluding carboxylic acids is 1. The quantitative estimate of drug-likeness (QED) is 0.657. The van der Waals surface area contributed by atoms with Crippen LogP contribution in [0.15, 0.2) is 29.7 Å². The molecular formula is C22H34BNO6. The first kappa shape index (κ1) is 24.2. The molecule has 0 unspecified atom stereocenters. The Morgan fingerprint density at radius 3 is 2.20 bits per heavy atom. The maximum Gasteiger partial charge on any atom is 0.492 e. The van der Waals surface area contributed by atoms with Crippen molar-refractivity contribution in [3.63, 3.8) is 0 Å². The van der Waals surface area contributed by atoms with Crippen molar-refractivity contribution in [2.45, 2.75) is 65.3 Å². The monoisotopic (exact) mass is 419 g/mol. The van der Waals surface area contributed by atoms with Gasteiger partial charge in [-0.3, -0.25) is 0 Å². The second-order valence-electron chi connectivity index (χ2n) is 9.30. The van der Waals surface area contributed by atoms with Gasteiger partial charge in [-0.05, 0) is 71.6 Å². The zero-order chi connectivity index (χ0) is 22.6. The average Bonchev–Trinajstić information content (AvgIpc) is 2.83. The van der Waals surface area contributed by atoms with Gasteiger partial charge in [0.2, 0.25) is 0 Å². The highest BCUT2D eigenvalue weighted by Crippen LogP contribution is 2.38. The van der Waals surface area contributed by atoms with E-state index >= 15 is 0 Å². The summed E-state index contributed by atoms with van der Waals surface area (Å²) in [4.78, 5) is 12.2. The number of hydrogen-bond acceptors (Lipinski definition) is 6. The van der Waals surface area contributed by atoms with Crippen molar-refractivity contribution in [1.82, 2.24) is 5.32 Å². The van der Waals surface area contributed by atoms with Crippen molar-refractivity contribution in [2.75, 3.05) is 19.8 Å². The summed E-state index contributed by atoms with van der Waals surface area (Å²) >= 11 is 0. The molecule has 166 valence electrons. The van der Waals surface area contributed by atoms with Crippen molar-refractivity contribution in [2.24, 2.45) is 0 Å². The Balaban J connectivity index is 2.20. The van der Waals surface area contributed by atoms with Crippen LogP contribution in [0.3, 0.4) is 0 Å². The van der Waals surface area contributed by atoms with Gasteiger partial charge in [0, 0.05) is 6.54 Å². The minimum atomic E-state index is -0.602. The van der Waals surface area contributed by atoms with E-state index in [1.807, 2.05) is 78.8 Å². The van der Waals surface area contributed by atoms with Crippen LogP contribution in [0.1, 0.15) is 54.0 Å². The third-order valence-corrected chi connectivity index (χ3v) is 4.98. The fourth-order valence-electron chi connectivity index (χ4n) is 2.72. The predicted molar refractivity (Wildman–Crippen MR) is 117 cm³/mol. The second kappa shape index (κ2) is 9.41. The Bertz CT molecular complexity index is 736. The molecule has 7 nitrogen and oxygen atoms in total. The Labute approximate surface area is 179 Å². The number of aliphatic hydroxyl groups is 1. The Kier molecular flexibility index (Phi) is 7.61. The molecule has 30 heavy (non-hydrogen) atoms. The minimum absolute atomic E-state index is 0.0376. The zero-order valence-corrected chi connectivity index (χ0v) is 19.1. The SMILES string of the molecule is CC(C)(C)OC(=O)NCC(=Cc1ccc(OCCO)cc1)B1OC(C)(C)C(C)(C)O1. The third kappa shape index (κ3) is 6.75. The van der Waals surface area contributed by atoms with E-state index in [9.17, 15) is 4.79 Å². The number of ether oxygens (including phenoxy) is 2. The molecule has 0 radical (unpaired) electrons. The lowest BCUT2D eigenvalue weighted by Gasteiger charge is -2.32. The number of amides is 1. The van der Waals surface area contributed by atoms with Gasteiger partial charge >= 0.3 is 13.2 Å². The number of hydrogen-bond donors (Lipinski definition) is 2. The van der Waals surface area contributed by atoms with Crippen molar-refractivity contribution >= 4 is 19.3 Å². The van der Waals surface area contributed by atoms with Gasteiger partial charge in [-0.2, -0.15) is 0 Å². The highest BCUT2D eigenvalue weighted by Gasteiger charge is 2.52. The molecule has 1 saturated heterocycles. The van der Waals surface area contributed by atoms with E-state index in [0.717, 1.165) is 11.0 Å². The normalized spacial score (nSPS) is 18.3. The Hall–Kier alpha value is -2.03. The van der Waals surface area contributed by atoms with Gasteiger partial charge in [-0.1, -0.05) is 18.2 Å². The largest absolute Gasteiger partial charge is 0.492 e. The number of rotatable bonds is 7. The van der Waals surface area contributed by atoms with E-state index in [-0.39, 0.29) is 19.8 Å². The van der Waals surface area contributed by atoms with Gasteiger partial charge in [0.25, 0.3) is 0 Å². The van der Waals surface area contributed by atoms with Crippen LogP contribution in [-0.4, -0.2) is 54.9 Å². The lowest BCUT2D eigenvalue weighted by atomic mass is 9.77. The molecule has 0 atom stereocenters. The molecule has 0 bridgehead atoms. The van der Waals surface area contributed by atoms with E-state index in [1.54, 1.807) is 0 Å². The molecule has 0 spiro atoms. The summed E-state index contributed by atoms with van der Waals surface area (Å²) in [5.74, 6) is 0.672. The van der Waals surface area contributed by atoms with Crippen LogP contribution in [0.5, 0.6) is 5.75 Å². The van der Waals surface area contributed by atoms with Crippen LogP contribution in [0.4, 0.5) is 4.79 Å². The maximum absolute atomic E-state index is 12.2. The van der Waals surface area contributed by atoms with Crippen molar-refractivity contribution < 1.29 is 28.7 Å². The van der Waals surface area contributed by atoms with Crippen LogP contribution in [-0.2, 0) is 14.0 Å². The summed E-state index contributed by atoms with van der Waals surface area (Å²) in [5, 5.41) is 11.7. The summed E-state index contributed by atoms with van der Waals surface area (Å²) in [6, 6.07) is 7.44. The van der Waals surface area contributed by atoms with Crippen LogP contribution < -0.4 is 10.1 Å². The van der Waals surface area contributed by atoms with Gasteiger partial charge in [0.05, 0.1) is 17.8 Å². The van der Waals surface area contributed by atoms with Crippen molar-refractivity contribution in [3.05, 3.63) is 35.3 Å². The minimum Gasteiger partial charge on any atom is -0.491 e. The third-order valence-electron chi connectivity index (χ3n) is 4.98.